The molecule has 2 aromatic rings. The lowest BCUT2D eigenvalue weighted by Crippen LogP contribution is -2.33. The molecule has 0 bridgehead atoms. The van der Waals surface area contributed by atoms with Crippen molar-refractivity contribution in [3.8, 4) is 5.75 Å². The Bertz CT molecular complexity index is 847. The van der Waals surface area contributed by atoms with Crippen LogP contribution in [0.1, 0.15) is 69.1 Å². The van der Waals surface area contributed by atoms with Gasteiger partial charge in [0.15, 0.2) is 6.79 Å². The lowest BCUT2D eigenvalue weighted by atomic mass is 9.87. The lowest BCUT2D eigenvalue weighted by molar-refractivity contribution is 0.0494. The number of hydrogen-bond acceptors (Lipinski definition) is 3. The van der Waals surface area contributed by atoms with Crippen molar-refractivity contribution in [1.29, 1.82) is 0 Å². The van der Waals surface area contributed by atoms with Gasteiger partial charge in [-0.15, -0.1) is 0 Å². The third-order valence-corrected chi connectivity index (χ3v) is 8.55. The Morgan fingerprint density at radius 2 is 1.77 bits per heavy atom. The molecular weight excluding hydrogens is 401 g/mol. The molecule has 1 aliphatic rings. The third kappa shape index (κ3) is 5.62. The predicted molar refractivity (Wildman–Crippen MR) is 136 cm³/mol. The van der Waals surface area contributed by atoms with Gasteiger partial charge in [0.2, 0.25) is 0 Å². The van der Waals surface area contributed by atoms with E-state index >= 15 is 0 Å². The van der Waals surface area contributed by atoms with Crippen LogP contribution in [0, 0.1) is 13.8 Å². The van der Waals surface area contributed by atoms with Gasteiger partial charge in [-0.05, 0) is 62.9 Å². The van der Waals surface area contributed by atoms with Crippen LogP contribution >= 0.6 is 8.58 Å². The fourth-order valence-corrected chi connectivity index (χ4v) is 6.95. The average molecular weight is 442 g/mol. The van der Waals surface area contributed by atoms with E-state index in [1.807, 2.05) is 0 Å². The van der Waals surface area contributed by atoms with Crippen molar-refractivity contribution < 1.29 is 9.47 Å². The molecule has 3 nitrogen and oxygen atoms in total. The molecule has 3 rings (SSSR count). The highest BCUT2D eigenvalue weighted by Crippen LogP contribution is 2.52. The Labute approximate surface area is 191 Å². The first-order valence-corrected chi connectivity index (χ1v) is 12.9. The zero-order valence-corrected chi connectivity index (χ0v) is 21.1. The highest BCUT2D eigenvalue weighted by Gasteiger charge is 2.35. The van der Waals surface area contributed by atoms with E-state index in [0.717, 1.165) is 25.0 Å². The van der Waals surface area contributed by atoms with Crippen LogP contribution in [0.3, 0.4) is 0 Å². The molecule has 31 heavy (non-hydrogen) atoms. The minimum atomic E-state index is 0.0699. The van der Waals surface area contributed by atoms with Crippen molar-refractivity contribution in [2.45, 2.75) is 71.4 Å². The molecule has 0 N–H and O–H groups in total. The normalized spacial score (nSPS) is 16.6. The first-order chi connectivity index (χ1) is 15.0. The molecule has 1 saturated heterocycles. The third-order valence-electron chi connectivity index (χ3n) is 6.51. The number of hydrogen-bond donors (Lipinski definition) is 0. The van der Waals surface area contributed by atoms with Gasteiger partial charge in [-0.2, -0.15) is 0 Å². The van der Waals surface area contributed by atoms with Gasteiger partial charge in [-0.1, -0.05) is 64.7 Å². The van der Waals surface area contributed by atoms with Crippen LogP contribution in [0.4, 0.5) is 5.69 Å². The number of aryl methyl sites for hydroxylation is 2. The van der Waals surface area contributed by atoms with E-state index in [1.54, 1.807) is 7.11 Å². The summed E-state index contributed by atoms with van der Waals surface area (Å²) in [6.45, 7) is 11.7. The van der Waals surface area contributed by atoms with Crippen molar-refractivity contribution in [2.75, 3.05) is 31.9 Å². The van der Waals surface area contributed by atoms with Crippen molar-refractivity contribution in [2.24, 2.45) is 0 Å². The maximum atomic E-state index is 6.18. The molecule has 0 spiro atoms. The van der Waals surface area contributed by atoms with Crippen LogP contribution in [0.2, 0.25) is 0 Å². The molecule has 1 aliphatic heterocycles. The van der Waals surface area contributed by atoms with Gasteiger partial charge in [0.25, 0.3) is 0 Å². The first kappa shape index (κ1) is 24.1. The minimum Gasteiger partial charge on any atom is -0.467 e. The Morgan fingerprint density at radius 1 is 1.03 bits per heavy atom. The van der Waals surface area contributed by atoms with Crippen LogP contribution in [0.5, 0.6) is 5.75 Å². The van der Waals surface area contributed by atoms with Crippen molar-refractivity contribution >= 4 is 19.6 Å². The summed E-state index contributed by atoms with van der Waals surface area (Å²) in [5.41, 5.74) is 5.31. The standard InChI is InChI=1S/C27H40NO2P/c1-6-15-27(7-2,23-19-21(3)18-22(4)26(23)30-20-29-5)31-25-14-10-9-13-24(25)28-16-11-8-12-17-28/h9-10,13-14,18-19,31H,6-8,11-12,15-17,20H2,1-5H3. The molecule has 2 aromatic carbocycles. The second-order valence-electron chi connectivity index (χ2n) is 8.88. The maximum absolute atomic E-state index is 6.18. The number of piperidine rings is 1. The Morgan fingerprint density at radius 3 is 2.45 bits per heavy atom. The number of nitrogens with zero attached hydrogens (tertiary/aromatic N) is 1. The van der Waals surface area contributed by atoms with E-state index in [4.69, 9.17) is 9.47 Å². The molecule has 4 heteroatoms. The van der Waals surface area contributed by atoms with E-state index in [0.29, 0.717) is 8.58 Å². The number of methoxy groups -OCH3 is 1. The number of para-hydroxylation sites is 1. The van der Waals surface area contributed by atoms with E-state index in [-0.39, 0.29) is 11.9 Å². The minimum absolute atomic E-state index is 0.0699. The number of ether oxygens (including phenoxy) is 2. The zero-order valence-electron chi connectivity index (χ0n) is 20.1. The Balaban J connectivity index is 2.08. The summed E-state index contributed by atoms with van der Waals surface area (Å²) >= 11 is 0. The van der Waals surface area contributed by atoms with Gasteiger partial charge >= 0.3 is 0 Å². The van der Waals surface area contributed by atoms with Crippen LogP contribution in [0.15, 0.2) is 36.4 Å². The highest BCUT2D eigenvalue weighted by molar-refractivity contribution is 7.49. The van der Waals surface area contributed by atoms with Crippen LogP contribution < -0.4 is 14.9 Å². The number of anilines is 1. The second kappa shape index (κ2) is 11.3. The van der Waals surface area contributed by atoms with Gasteiger partial charge in [0.05, 0.1) is 0 Å². The summed E-state index contributed by atoms with van der Waals surface area (Å²) in [5, 5.41) is 1.57. The molecule has 2 atom stereocenters. The van der Waals surface area contributed by atoms with E-state index in [2.05, 4.69) is 69.0 Å². The molecule has 0 amide bonds. The maximum Gasteiger partial charge on any atom is 0.188 e. The van der Waals surface area contributed by atoms with Crippen LogP contribution in [-0.2, 0) is 9.89 Å². The molecule has 0 aromatic heterocycles. The van der Waals surface area contributed by atoms with E-state index in [9.17, 15) is 0 Å². The van der Waals surface area contributed by atoms with Crippen LogP contribution in [0.25, 0.3) is 0 Å². The molecule has 2 unspecified atom stereocenters. The molecular formula is C27H40NO2P. The summed E-state index contributed by atoms with van der Waals surface area (Å²) in [4.78, 5) is 2.61. The summed E-state index contributed by atoms with van der Waals surface area (Å²) in [5.74, 6) is 1.02. The van der Waals surface area contributed by atoms with Gasteiger partial charge in [-0.25, -0.2) is 0 Å². The first-order valence-electron chi connectivity index (χ1n) is 11.9. The highest BCUT2D eigenvalue weighted by atomic mass is 31.1. The smallest absolute Gasteiger partial charge is 0.188 e. The summed E-state index contributed by atoms with van der Waals surface area (Å²) < 4.78 is 11.5. The SMILES string of the molecule is CCCC(CC)(Pc1ccccc1N1CCCCC1)c1cc(C)cc(C)c1OCOC. The molecule has 0 saturated carbocycles. The molecule has 0 radical (unpaired) electrons. The largest absolute Gasteiger partial charge is 0.467 e. The average Bonchev–Trinajstić information content (AvgIpc) is 2.78. The summed E-state index contributed by atoms with van der Waals surface area (Å²) in [7, 11) is 2.40. The second-order valence-corrected chi connectivity index (χ2v) is 10.6. The Hall–Kier alpha value is -1.57. The molecule has 170 valence electrons. The van der Waals surface area contributed by atoms with Gasteiger partial charge < -0.3 is 14.4 Å². The topological polar surface area (TPSA) is 21.7 Å². The molecule has 1 fully saturated rings. The molecule has 0 aliphatic carbocycles. The number of rotatable bonds is 10. The zero-order chi connectivity index (χ0) is 22.3. The van der Waals surface area contributed by atoms with Gasteiger partial charge in [0.1, 0.15) is 5.75 Å². The van der Waals surface area contributed by atoms with Crippen molar-refractivity contribution in [1.82, 2.24) is 0 Å². The summed E-state index contributed by atoms with van der Waals surface area (Å²) in [6, 6.07) is 13.7. The monoisotopic (exact) mass is 441 g/mol. The fraction of sp³-hybridized carbons (Fsp3) is 0.556. The quantitative estimate of drug-likeness (QED) is 0.303. The number of benzene rings is 2. The van der Waals surface area contributed by atoms with Crippen molar-refractivity contribution in [3.05, 3.63) is 53.1 Å². The van der Waals surface area contributed by atoms with Gasteiger partial charge in [-0.3, -0.25) is 0 Å². The van der Waals surface area contributed by atoms with E-state index in [1.165, 1.54) is 60.0 Å². The van der Waals surface area contributed by atoms with Crippen molar-refractivity contribution in [3.63, 3.8) is 0 Å². The lowest BCUT2D eigenvalue weighted by Gasteiger charge is -2.38. The van der Waals surface area contributed by atoms with E-state index < -0.39 is 0 Å². The fourth-order valence-electron chi connectivity index (χ4n) is 5.01. The molecule has 1 heterocycles. The van der Waals surface area contributed by atoms with Gasteiger partial charge in [0, 0.05) is 36.6 Å². The Kier molecular flexibility index (Phi) is 8.81. The summed E-state index contributed by atoms with van der Waals surface area (Å²) in [6.07, 6.45) is 7.37. The van der Waals surface area contributed by atoms with Crippen LogP contribution in [-0.4, -0.2) is 27.0 Å². The predicted octanol–water partition coefficient (Wildman–Crippen LogP) is 6.69.